The van der Waals surface area contributed by atoms with Crippen LogP contribution in [0, 0.1) is 0 Å². The molecular formula is C21H21N5O3. The first-order chi connectivity index (χ1) is 14.1. The Morgan fingerprint density at radius 2 is 1.93 bits per heavy atom. The van der Waals surface area contributed by atoms with Crippen LogP contribution in [0.5, 0.6) is 11.5 Å². The molecular weight excluding hydrogens is 370 g/mol. The van der Waals surface area contributed by atoms with Gasteiger partial charge in [-0.3, -0.25) is 4.79 Å². The fourth-order valence-corrected chi connectivity index (χ4v) is 3.43. The van der Waals surface area contributed by atoms with E-state index in [1.165, 1.54) is 6.33 Å². The molecule has 3 aromatic rings. The molecule has 148 valence electrons. The number of aromatic nitrogens is 3. The maximum atomic E-state index is 13.4. The van der Waals surface area contributed by atoms with Crippen LogP contribution in [0.3, 0.4) is 0 Å². The fraction of sp³-hybridized carbons (Fsp3) is 0.190. The summed E-state index contributed by atoms with van der Waals surface area (Å²) in [5.74, 6) is 1.48. The summed E-state index contributed by atoms with van der Waals surface area (Å²) < 4.78 is 12.4. The van der Waals surface area contributed by atoms with Gasteiger partial charge in [0.25, 0.3) is 5.91 Å². The maximum absolute atomic E-state index is 13.4. The molecule has 2 N–H and O–H groups in total. The second-order valence-electron chi connectivity index (χ2n) is 6.53. The smallest absolute Gasteiger partial charge is 0.255 e. The van der Waals surface area contributed by atoms with E-state index in [4.69, 9.17) is 9.47 Å². The normalized spacial score (nSPS) is 15.3. The minimum absolute atomic E-state index is 0.267. The van der Waals surface area contributed by atoms with Gasteiger partial charge in [0.15, 0.2) is 0 Å². The van der Waals surface area contributed by atoms with Crippen molar-refractivity contribution in [3.63, 3.8) is 0 Å². The van der Waals surface area contributed by atoms with Gasteiger partial charge in [-0.15, -0.1) is 0 Å². The third-order valence-electron chi connectivity index (χ3n) is 4.81. The van der Waals surface area contributed by atoms with E-state index in [2.05, 4.69) is 20.7 Å². The molecule has 1 aromatic heterocycles. The molecule has 8 heteroatoms. The van der Waals surface area contributed by atoms with E-state index in [9.17, 15) is 4.79 Å². The van der Waals surface area contributed by atoms with Crippen LogP contribution in [0.25, 0.3) is 0 Å². The van der Waals surface area contributed by atoms with Crippen molar-refractivity contribution < 1.29 is 14.3 Å². The lowest BCUT2D eigenvalue weighted by molar-refractivity contribution is -0.113. The first kappa shape index (κ1) is 18.5. The number of carbonyl (C=O) groups excluding carboxylic acids is 1. The van der Waals surface area contributed by atoms with E-state index >= 15 is 0 Å². The van der Waals surface area contributed by atoms with Crippen LogP contribution in [0.4, 0.5) is 11.6 Å². The number of fused-ring (bicyclic) bond motifs is 1. The summed E-state index contributed by atoms with van der Waals surface area (Å²) in [6.07, 6.45) is 1.47. The molecule has 2 aromatic carbocycles. The van der Waals surface area contributed by atoms with Crippen LogP contribution in [0.2, 0.25) is 0 Å². The predicted octanol–water partition coefficient (Wildman–Crippen LogP) is 3.22. The summed E-state index contributed by atoms with van der Waals surface area (Å²) in [5.41, 5.74) is 2.70. The van der Waals surface area contributed by atoms with E-state index in [-0.39, 0.29) is 5.91 Å². The van der Waals surface area contributed by atoms with Crippen molar-refractivity contribution >= 4 is 17.5 Å². The maximum Gasteiger partial charge on any atom is 0.255 e. The van der Waals surface area contributed by atoms with Crippen LogP contribution >= 0.6 is 0 Å². The van der Waals surface area contributed by atoms with Crippen LogP contribution in [-0.2, 0) is 4.79 Å². The third-order valence-corrected chi connectivity index (χ3v) is 4.81. The molecule has 0 saturated carbocycles. The van der Waals surface area contributed by atoms with E-state index < -0.39 is 6.04 Å². The molecule has 1 aliphatic rings. The molecule has 1 atom stereocenters. The highest BCUT2D eigenvalue weighted by Crippen LogP contribution is 2.36. The highest BCUT2D eigenvalue weighted by atomic mass is 16.5. The molecule has 0 saturated heterocycles. The molecule has 4 rings (SSSR count). The topological polar surface area (TPSA) is 90.3 Å². The number of anilines is 2. The second-order valence-corrected chi connectivity index (χ2v) is 6.53. The lowest BCUT2D eigenvalue weighted by atomic mass is 9.95. The molecule has 1 aliphatic heterocycles. The Bertz CT molecular complexity index is 1070. The first-order valence-corrected chi connectivity index (χ1v) is 9.08. The number of nitrogens with one attached hydrogen (secondary N) is 2. The summed E-state index contributed by atoms with van der Waals surface area (Å²) in [6.45, 7) is 1.85. The number of allylic oxidation sites excluding steroid dienone is 1. The minimum atomic E-state index is -0.411. The summed E-state index contributed by atoms with van der Waals surface area (Å²) in [4.78, 5) is 17.6. The summed E-state index contributed by atoms with van der Waals surface area (Å²) in [7, 11) is 3.13. The summed E-state index contributed by atoms with van der Waals surface area (Å²) in [5, 5.41) is 10.4. The second kappa shape index (κ2) is 7.67. The van der Waals surface area contributed by atoms with Crippen molar-refractivity contribution in [3.05, 3.63) is 71.7 Å². The SMILES string of the molecule is COc1ccc(OC)c(NC(=O)C2=C(C)Nc3ncnn3C2c2ccccc2)c1. The number of ether oxygens (including phenoxy) is 2. The molecule has 0 fully saturated rings. The van der Waals surface area contributed by atoms with E-state index in [1.54, 1.807) is 37.1 Å². The van der Waals surface area contributed by atoms with Gasteiger partial charge in [-0.1, -0.05) is 30.3 Å². The number of benzene rings is 2. The quantitative estimate of drug-likeness (QED) is 0.694. The lowest BCUT2D eigenvalue weighted by Gasteiger charge is -2.28. The Kier molecular flexibility index (Phi) is 4.90. The minimum Gasteiger partial charge on any atom is -0.497 e. The Morgan fingerprint density at radius 3 is 2.66 bits per heavy atom. The molecule has 1 unspecified atom stereocenters. The van der Waals surface area contributed by atoms with Gasteiger partial charge in [0.2, 0.25) is 5.95 Å². The number of amides is 1. The number of methoxy groups -OCH3 is 2. The predicted molar refractivity (Wildman–Crippen MR) is 109 cm³/mol. The number of rotatable bonds is 5. The first-order valence-electron chi connectivity index (χ1n) is 9.08. The van der Waals surface area contributed by atoms with Gasteiger partial charge in [0.1, 0.15) is 23.9 Å². The highest BCUT2D eigenvalue weighted by molar-refractivity contribution is 6.06. The van der Waals surface area contributed by atoms with Crippen molar-refractivity contribution in [1.29, 1.82) is 0 Å². The molecule has 29 heavy (non-hydrogen) atoms. The number of hydrogen-bond acceptors (Lipinski definition) is 6. The zero-order chi connectivity index (χ0) is 20.4. The van der Waals surface area contributed by atoms with Crippen molar-refractivity contribution in [1.82, 2.24) is 14.8 Å². The summed E-state index contributed by atoms with van der Waals surface area (Å²) in [6, 6.07) is 14.6. The number of nitrogens with zero attached hydrogens (tertiary/aromatic N) is 3. The summed E-state index contributed by atoms with van der Waals surface area (Å²) >= 11 is 0. The van der Waals surface area contributed by atoms with Crippen molar-refractivity contribution in [2.24, 2.45) is 0 Å². The molecule has 1 amide bonds. The molecule has 8 nitrogen and oxygen atoms in total. The van der Waals surface area contributed by atoms with Crippen LogP contribution in [0.15, 0.2) is 66.1 Å². The van der Waals surface area contributed by atoms with Gasteiger partial charge in [0.05, 0.1) is 25.5 Å². The van der Waals surface area contributed by atoms with Crippen molar-refractivity contribution in [2.75, 3.05) is 24.9 Å². The van der Waals surface area contributed by atoms with Crippen LogP contribution in [-0.4, -0.2) is 34.9 Å². The average molecular weight is 391 g/mol. The number of hydrogen-bond donors (Lipinski definition) is 2. The monoisotopic (exact) mass is 391 g/mol. The van der Waals surface area contributed by atoms with Crippen LogP contribution in [0.1, 0.15) is 18.5 Å². The average Bonchev–Trinajstić information content (AvgIpc) is 3.21. The molecule has 0 radical (unpaired) electrons. The highest BCUT2D eigenvalue weighted by Gasteiger charge is 2.33. The van der Waals surface area contributed by atoms with E-state index in [1.807, 2.05) is 37.3 Å². The molecule has 0 bridgehead atoms. The molecule has 0 spiro atoms. The van der Waals surface area contributed by atoms with Crippen molar-refractivity contribution in [3.8, 4) is 11.5 Å². The van der Waals surface area contributed by atoms with E-state index in [0.29, 0.717) is 34.4 Å². The fourth-order valence-electron chi connectivity index (χ4n) is 3.43. The Morgan fingerprint density at radius 1 is 1.14 bits per heavy atom. The number of carbonyl (C=O) groups is 1. The molecule has 0 aliphatic carbocycles. The Balaban J connectivity index is 1.75. The largest absolute Gasteiger partial charge is 0.497 e. The third kappa shape index (κ3) is 3.40. The Labute approximate surface area is 168 Å². The van der Waals surface area contributed by atoms with Gasteiger partial charge < -0.3 is 20.1 Å². The zero-order valence-electron chi connectivity index (χ0n) is 16.3. The molecule has 2 heterocycles. The van der Waals surface area contributed by atoms with Gasteiger partial charge >= 0.3 is 0 Å². The van der Waals surface area contributed by atoms with Gasteiger partial charge in [-0.05, 0) is 24.6 Å². The van der Waals surface area contributed by atoms with Gasteiger partial charge in [-0.25, -0.2) is 4.68 Å². The standard InChI is InChI=1S/C21H21N5O3/c1-13-18(20(27)25-16-11-15(28-2)9-10-17(16)29-3)19(14-7-5-4-6-8-14)26-21(24-13)22-12-23-26/h4-12,19H,1-3H3,(H,25,27)(H,22,23,24). The van der Waals surface area contributed by atoms with Crippen LogP contribution < -0.4 is 20.1 Å². The Hall–Kier alpha value is -3.81. The zero-order valence-corrected chi connectivity index (χ0v) is 16.3. The van der Waals surface area contributed by atoms with Crippen molar-refractivity contribution in [2.45, 2.75) is 13.0 Å². The lowest BCUT2D eigenvalue weighted by Crippen LogP contribution is -2.31. The van der Waals surface area contributed by atoms with Gasteiger partial charge in [-0.2, -0.15) is 10.1 Å². The van der Waals surface area contributed by atoms with Gasteiger partial charge in [0, 0.05) is 11.8 Å². The van der Waals surface area contributed by atoms with E-state index in [0.717, 1.165) is 5.56 Å².